The van der Waals surface area contributed by atoms with Crippen molar-refractivity contribution in [1.82, 2.24) is 79.3 Å². The number of urea groups is 1. The maximum absolute atomic E-state index is 14.6. The lowest BCUT2D eigenvalue weighted by molar-refractivity contribution is -0.143. The molecule has 44 heteroatoms. The SMILES string of the molecule is CC[C@H](C)[C@H](NC(=O)[C@H](CCCN=C(N)N)NC(=O)[C@H](CO)NC(=O)CNC(=O)CNC(=O)CCCC[C@@H]1SC[C@@H]2NC(=O)N[C@@H]21)C(=O)N[C@H](C(=O)N[C@@H](CC(C)C)C(=O)N[C@@H](COP(=O)(O)O)C(=O)N1CCC[C@H]1C(=O)N[C@@H](CS)C(=O)N[C@H](C(=O)N[C@@H](CCC(N)=O)C(=O)N[C@@H](C)C(N)=O)C(C)C)[C@@H](C)CC. The van der Waals surface area contributed by atoms with Crippen LogP contribution in [0.4, 0.5) is 4.79 Å². The lowest BCUT2D eigenvalue weighted by atomic mass is 9.94. The summed E-state index contributed by atoms with van der Waals surface area (Å²) >= 11 is 5.99. The second-order valence-corrected chi connectivity index (χ2v) is 30.8. The quantitative estimate of drug-likeness (QED) is 0.00672. The van der Waals surface area contributed by atoms with Crippen LogP contribution < -0.4 is 97.4 Å². The predicted molar refractivity (Wildman–Crippen MR) is 399 cm³/mol. The van der Waals surface area contributed by atoms with Crippen LogP contribution in [0, 0.1) is 23.7 Å². The van der Waals surface area contributed by atoms with E-state index in [0.29, 0.717) is 12.8 Å². The molecule has 3 rings (SSSR count). The number of likely N-dealkylation sites (tertiary alicyclic amines) is 1. The fourth-order valence-electron chi connectivity index (χ4n) is 11.7. The Morgan fingerprint density at radius 2 is 1.16 bits per heavy atom. The number of hydrogen-bond donors (Lipinski definition) is 22. The van der Waals surface area contributed by atoms with Crippen molar-refractivity contribution in [2.75, 3.05) is 50.9 Å². The summed E-state index contributed by atoms with van der Waals surface area (Å²) in [7, 11) is -5.40. The molecule has 3 fully saturated rings. The summed E-state index contributed by atoms with van der Waals surface area (Å²) in [6.45, 7) is 10.8. The predicted octanol–water partition coefficient (Wildman–Crippen LogP) is -6.57. The van der Waals surface area contributed by atoms with Gasteiger partial charge in [-0.05, 0) is 82.0 Å². The molecule has 17 amide bonds. The van der Waals surface area contributed by atoms with Gasteiger partial charge in [0.05, 0.1) is 38.4 Å². The molecule has 0 aromatic carbocycles. The van der Waals surface area contributed by atoms with Crippen molar-refractivity contribution in [3.8, 4) is 0 Å². The molecule has 3 aliphatic rings. The molecule has 0 unspecified atom stereocenters. The molecule has 16 atom stereocenters. The van der Waals surface area contributed by atoms with E-state index in [0.717, 1.165) is 17.1 Å². The van der Waals surface area contributed by atoms with Crippen LogP contribution in [0.5, 0.6) is 0 Å². The van der Waals surface area contributed by atoms with E-state index in [1.54, 1.807) is 67.2 Å². The number of guanidine groups is 1. The smallest absolute Gasteiger partial charge is 0.394 e. The average molecular weight is 1610 g/mol. The number of unbranched alkanes of at least 4 members (excludes halogenated alkanes) is 1. The van der Waals surface area contributed by atoms with Crippen LogP contribution in [0.1, 0.15) is 146 Å². The number of aliphatic hydroxyl groups excluding tert-OH is 1. The highest BCUT2D eigenvalue weighted by Crippen LogP contribution is 2.36. The summed E-state index contributed by atoms with van der Waals surface area (Å²) < 4.78 is 16.9. The van der Waals surface area contributed by atoms with Crippen molar-refractivity contribution in [2.45, 2.75) is 230 Å². The maximum Gasteiger partial charge on any atom is 0.469 e. The monoisotopic (exact) mass is 1600 g/mol. The summed E-state index contributed by atoms with van der Waals surface area (Å²) in [6.07, 6.45) is 1.81. The Kier molecular flexibility index (Phi) is 40.6. The van der Waals surface area contributed by atoms with Crippen LogP contribution in [-0.2, 0) is 81.0 Å². The molecule has 41 nitrogen and oxygen atoms in total. The van der Waals surface area contributed by atoms with Crippen molar-refractivity contribution < 1.29 is 101 Å². The van der Waals surface area contributed by atoms with E-state index in [1.165, 1.54) is 6.92 Å². The molecule has 3 heterocycles. The minimum Gasteiger partial charge on any atom is -0.394 e. The Morgan fingerprint density at radius 1 is 0.624 bits per heavy atom. The number of hydrogen-bond acceptors (Lipinski definition) is 22. The third kappa shape index (κ3) is 32.8. The van der Waals surface area contributed by atoms with Gasteiger partial charge < -0.3 is 117 Å². The summed E-state index contributed by atoms with van der Waals surface area (Å²) in [5.74, 6) is -15.8. The molecule has 0 bridgehead atoms. The van der Waals surface area contributed by atoms with Crippen LogP contribution in [0.3, 0.4) is 0 Å². The number of nitrogens with zero attached hydrogens (tertiary/aromatic N) is 2. The van der Waals surface area contributed by atoms with E-state index in [9.17, 15) is 96.2 Å². The molecule has 25 N–H and O–H groups in total. The highest BCUT2D eigenvalue weighted by molar-refractivity contribution is 8.00. The van der Waals surface area contributed by atoms with Crippen LogP contribution in [0.2, 0.25) is 0 Å². The standard InChI is InChI=1S/C65H113N20O21PS2/c1-10-33(7)50(83-62(100)51(34(8)11-2)82-55(93)36(16-14-22-70-64(68)69)75-57(95)39(27-86)74-48(90)26-72-47(89)25-71-46(88)19-13-12-18-44-52-42(30-109-44)80-65(102)84-52)61(99)77-38(24-31(3)4)56(94)78-40(28-106-107(103,104)105)63(101)85-23-15-17-43(85)59(97)79-41(29-108)58(96)81-49(32(5)6)60(98)76-37(20-21-45(66)87)54(92)73-35(9)53(67)91/h31-44,49-52,86,108H,10-30H2,1-9H3,(H2,66,87)(H2,67,91)(H,71,88)(H,72,89)(H,73,92)(H,74,90)(H,75,95)(H,76,98)(H,77,99)(H,78,94)(H,79,97)(H,81,96)(H,82,93)(H,83,100)(H4,68,69,70)(H2,80,84,102)(H2,103,104,105)/t33-,34-,35-,36-,37-,38-,39-,40-,41-,42-,43-,44-,49-,50-,51-,52-/m0/s1. The second-order valence-electron chi connectivity index (χ2n) is 27.9. The Bertz CT molecular complexity index is 3280. The lowest BCUT2D eigenvalue weighted by Crippen LogP contribution is -2.62. The van der Waals surface area contributed by atoms with Crippen LogP contribution in [0.25, 0.3) is 0 Å². The largest absolute Gasteiger partial charge is 0.469 e. The topological polar surface area (TPSA) is 648 Å². The zero-order valence-corrected chi connectivity index (χ0v) is 65.5. The molecule has 616 valence electrons. The van der Waals surface area contributed by atoms with E-state index < -0.39 is 207 Å². The van der Waals surface area contributed by atoms with Gasteiger partial charge in [0.2, 0.25) is 88.6 Å². The van der Waals surface area contributed by atoms with E-state index in [1.807, 2.05) is 0 Å². The number of thioether (sulfide) groups is 1. The number of primary amides is 2. The zero-order chi connectivity index (χ0) is 82.2. The molecule has 0 aromatic rings. The molecule has 0 radical (unpaired) electrons. The fourth-order valence-corrected chi connectivity index (χ4v) is 13.9. The summed E-state index contributed by atoms with van der Waals surface area (Å²) in [5, 5.41) is 46.0. The summed E-state index contributed by atoms with van der Waals surface area (Å²) in [6, 6.07) is -16.6. The molecular formula is C65H113N20O21PS2. The van der Waals surface area contributed by atoms with Crippen LogP contribution in [0.15, 0.2) is 4.99 Å². The molecule has 3 aliphatic heterocycles. The fraction of sp³-hybridized carbons (Fsp3) is 0.738. The number of amides is 17. The van der Waals surface area contributed by atoms with Gasteiger partial charge in [0, 0.05) is 42.7 Å². The number of nitrogens with one attached hydrogen (secondary N) is 14. The number of aliphatic imine (C=N–C) groups is 1. The van der Waals surface area contributed by atoms with E-state index in [2.05, 4.69) is 92.1 Å². The number of aliphatic hydroxyl groups is 1. The van der Waals surface area contributed by atoms with Gasteiger partial charge in [-0.25, -0.2) is 9.36 Å². The first-order valence-electron chi connectivity index (χ1n) is 36.3. The summed E-state index contributed by atoms with van der Waals surface area (Å²) in [5.41, 5.74) is 21.6. The molecular weight excluding hydrogens is 1490 g/mol. The third-order valence-corrected chi connectivity index (χ3v) is 20.7. The van der Waals surface area contributed by atoms with E-state index in [-0.39, 0.29) is 118 Å². The normalized spacial score (nSPS) is 19.2. The average Bonchev–Trinajstić information content (AvgIpc) is 1.74. The minimum absolute atomic E-state index is 0.0281. The van der Waals surface area contributed by atoms with Gasteiger partial charge in [-0.1, -0.05) is 74.7 Å². The van der Waals surface area contributed by atoms with Crippen molar-refractivity contribution in [2.24, 2.45) is 51.6 Å². The molecule has 3 saturated heterocycles. The van der Waals surface area contributed by atoms with Gasteiger partial charge in [-0.2, -0.15) is 24.4 Å². The lowest BCUT2D eigenvalue weighted by Gasteiger charge is -2.32. The van der Waals surface area contributed by atoms with Gasteiger partial charge in [-0.3, -0.25) is 81.4 Å². The Balaban J connectivity index is 1.78. The van der Waals surface area contributed by atoms with Gasteiger partial charge in [-0.15, -0.1) is 0 Å². The first-order chi connectivity index (χ1) is 51.1. The van der Waals surface area contributed by atoms with Crippen molar-refractivity contribution in [1.29, 1.82) is 0 Å². The molecule has 0 saturated carbocycles. The minimum atomic E-state index is -5.40. The summed E-state index contributed by atoms with van der Waals surface area (Å²) in [4.78, 5) is 239. The van der Waals surface area contributed by atoms with Crippen LogP contribution in [-0.4, -0.2) is 255 Å². The van der Waals surface area contributed by atoms with Gasteiger partial charge in [0.25, 0.3) is 0 Å². The number of phosphoric ester groups is 1. The van der Waals surface area contributed by atoms with Crippen LogP contribution >= 0.6 is 32.2 Å². The third-order valence-electron chi connectivity index (χ3n) is 18.3. The van der Waals surface area contributed by atoms with Crippen molar-refractivity contribution in [3.63, 3.8) is 0 Å². The van der Waals surface area contributed by atoms with Crippen molar-refractivity contribution >= 4 is 133 Å². The Morgan fingerprint density at radius 3 is 1.73 bits per heavy atom. The number of carbonyl (C=O) groups excluding carboxylic acids is 16. The first-order valence-corrected chi connectivity index (χ1v) is 39.5. The molecule has 0 aliphatic carbocycles. The Hall–Kier alpha value is -8.64. The number of fused-ring (bicyclic) bond motifs is 1. The Labute approximate surface area is 642 Å². The van der Waals surface area contributed by atoms with Gasteiger partial charge >= 0.3 is 13.9 Å². The van der Waals surface area contributed by atoms with Gasteiger partial charge in [0.15, 0.2) is 5.96 Å². The maximum atomic E-state index is 14.6. The van der Waals surface area contributed by atoms with E-state index >= 15 is 0 Å². The number of phosphoric acid groups is 1. The first kappa shape index (κ1) is 94.6. The highest BCUT2D eigenvalue weighted by atomic mass is 32.2. The molecule has 0 spiro atoms. The molecule has 0 aromatic heterocycles. The highest BCUT2D eigenvalue weighted by Gasteiger charge is 2.45. The number of nitrogens with two attached hydrogens (primary N) is 4. The van der Waals surface area contributed by atoms with Crippen molar-refractivity contribution in [3.05, 3.63) is 0 Å². The van der Waals surface area contributed by atoms with E-state index in [4.69, 9.17) is 27.5 Å². The molecule has 109 heavy (non-hydrogen) atoms. The van der Waals surface area contributed by atoms with Gasteiger partial charge in [0.1, 0.15) is 66.5 Å². The number of carbonyl (C=O) groups is 16. The number of rotatable bonds is 49. The second kappa shape index (κ2) is 46.8. The number of thiol groups is 1. The zero-order valence-electron chi connectivity index (χ0n) is 62.9.